The van der Waals surface area contributed by atoms with Crippen LogP contribution in [0.15, 0.2) is 0 Å². The van der Waals surface area contributed by atoms with Crippen LogP contribution in [-0.4, -0.2) is 120 Å². The maximum Gasteiger partial charge on any atom is 0.135 e. The van der Waals surface area contributed by atoms with E-state index < -0.39 is 0 Å². The summed E-state index contributed by atoms with van der Waals surface area (Å²) in [6, 6.07) is 0.850. The number of ether oxygens (including phenoxy) is 2. The van der Waals surface area contributed by atoms with Crippen LogP contribution in [0.3, 0.4) is 0 Å². The third kappa shape index (κ3) is 5.60. The minimum Gasteiger partial charge on any atom is -0.383 e. The maximum absolute atomic E-state index is 6.22. The lowest BCUT2D eigenvalue weighted by molar-refractivity contribution is -0.170. The van der Waals surface area contributed by atoms with Gasteiger partial charge in [-0.3, -0.25) is 0 Å². The van der Waals surface area contributed by atoms with Gasteiger partial charge >= 0.3 is 0 Å². The lowest BCUT2D eigenvalue weighted by Gasteiger charge is -2.43. The molecule has 0 bridgehead atoms. The number of piperazine rings is 2. The Morgan fingerprint density at radius 2 is 1.83 bits per heavy atom. The molecule has 0 amide bonds. The Morgan fingerprint density at radius 3 is 2.50 bits per heavy atom. The topological polar surface area (TPSA) is 55.5 Å². The molecule has 0 aliphatic carbocycles. The van der Waals surface area contributed by atoms with Crippen LogP contribution in [0.1, 0.15) is 6.42 Å². The first-order valence-corrected chi connectivity index (χ1v) is 8.95. The molecule has 0 saturated carbocycles. The number of methoxy groups -OCH3 is 1. The summed E-state index contributed by atoms with van der Waals surface area (Å²) in [5.74, 6) is 0. The summed E-state index contributed by atoms with van der Waals surface area (Å²) in [4.78, 5) is 0. The number of nitrogens with zero attached hydrogens (tertiary/aromatic N) is 4. The molecule has 8 nitrogen and oxygen atoms in total. The fourth-order valence-corrected chi connectivity index (χ4v) is 3.53. The molecule has 0 aromatic rings. The molecule has 2 fully saturated rings. The molecule has 2 heterocycles. The van der Waals surface area contributed by atoms with Crippen LogP contribution in [0.2, 0.25) is 0 Å². The molecule has 3 unspecified atom stereocenters. The van der Waals surface area contributed by atoms with Crippen molar-refractivity contribution < 1.29 is 9.47 Å². The van der Waals surface area contributed by atoms with Crippen LogP contribution in [0.4, 0.5) is 0 Å². The first-order chi connectivity index (χ1) is 11.5. The maximum atomic E-state index is 6.22. The lowest BCUT2D eigenvalue weighted by atomic mass is 10.1. The van der Waals surface area contributed by atoms with E-state index in [1.807, 2.05) is 0 Å². The molecular weight excluding hydrogens is 308 g/mol. The van der Waals surface area contributed by atoms with Gasteiger partial charge in [-0.25, -0.2) is 20.0 Å². The van der Waals surface area contributed by atoms with E-state index in [1.54, 1.807) is 7.11 Å². The van der Waals surface area contributed by atoms with Gasteiger partial charge in [0.15, 0.2) is 0 Å². The number of hydrogen-bond donors (Lipinski definition) is 2. The van der Waals surface area contributed by atoms with Crippen molar-refractivity contribution in [3.63, 3.8) is 0 Å². The first-order valence-electron chi connectivity index (χ1n) is 8.95. The van der Waals surface area contributed by atoms with Crippen molar-refractivity contribution in [3.8, 4) is 0 Å². The van der Waals surface area contributed by atoms with Gasteiger partial charge in [0.05, 0.1) is 13.2 Å². The van der Waals surface area contributed by atoms with E-state index in [2.05, 4.69) is 58.9 Å². The van der Waals surface area contributed by atoms with Gasteiger partial charge < -0.3 is 20.1 Å². The average Bonchev–Trinajstić information content (AvgIpc) is 2.56. The van der Waals surface area contributed by atoms with Crippen LogP contribution in [-0.2, 0) is 9.47 Å². The summed E-state index contributed by atoms with van der Waals surface area (Å²) in [6.45, 7) is 6.36. The standard InChI is InChI=1S/C16H36N6O2/c1-19(2)21-8-7-17-10-15(21)6-9-24-16-11-18-14(13-23-5)12-22(16)20(3)4/h14-18H,6-13H2,1-5H3. The van der Waals surface area contributed by atoms with Crippen molar-refractivity contribution in [2.45, 2.75) is 24.7 Å². The van der Waals surface area contributed by atoms with E-state index in [4.69, 9.17) is 9.47 Å². The van der Waals surface area contributed by atoms with E-state index in [0.29, 0.717) is 12.1 Å². The predicted molar refractivity (Wildman–Crippen MR) is 95.5 cm³/mol. The molecule has 2 rings (SSSR count). The van der Waals surface area contributed by atoms with Crippen molar-refractivity contribution in [1.82, 2.24) is 30.7 Å². The highest BCUT2D eigenvalue weighted by Crippen LogP contribution is 2.13. The molecular formula is C16H36N6O2. The zero-order chi connectivity index (χ0) is 17.5. The Bertz CT molecular complexity index is 357. The SMILES string of the molecule is COCC1CN(N(C)C)C(OCCC2CNCCN2N(C)C)CN1. The van der Waals surface area contributed by atoms with Crippen LogP contribution >= 0.6 is 0 Å². The normalized spacial score (nSPS) is 30.4. The Labute approximate surface area is 147 Å². The summed E-state index contributed by atoms with van der Waals surface area (Å²) in [5.41, 5.74) is 0. The first kappa shape index (κ1) is 20.0. The Balaban J connectivity index is 1.79. The summed E-state index contributed by atoms with van der Waals surface area (Å²) in [5, 5.41) is 16.0. The zero-order valence-corrected chi connectivity index (χ0v) is 16.0. The number of hydrogen-bond acceptors (Lipinski definition) is 8. The van der Waals surface area contributed by atoms with Gasteiger partial charge in [-0.05, 0) is 6.42 Å². The van der Waals surface area contributed by atoms with Gasteiger partial charge in [0.1, 0.15) is 6.23 Å². The number of nitrogens with one attached hydrogen (secondary N) is 2. The Kier molecular flexibility index (Phi) is 8.32. The summed E-state index contributed by atoms with van der Waals surface area (Å²) < 4.78 is 11.5. The molecule has 2 aliphatic rings. The minimum atomic E-state index is 0.0810. The predicted octanol–water partition coefficient (Wildman–Crippen LogP) is -1.13. The molecule has 2 N–H and O–H groups in total. The second-order valence-corrected chi connectivity index (χ2v) is 7.01. The van der Waals surface area contributed by atoms with E-state index in [0.717, 1.165) is 52.4 Å². The quantitative estimate of drug-likeness (QED) is 0.574. The highest BCUT2D eigenvalue weighted by molar-refractivity contribution is 4.81. The fourth-order valence-electron chi connectivity index (χ4n) is 3.53. The van der Waals surface area contributed by atoms with Crippen LogP contribution in [0.25, 0.3) is 0 Å². The average molecular weight is 345 g/mol. The monoisotopic (exact) mass is 344 g/mol. The van der Waals surface area contributed by atoms with Gasteiger partial charge in [-0.1, -0.05) is 0 Å². The highest BCUT2D eigenvalue weighted by atomic mass is 16.5. The molecule has 2 saturated heterocycles. The molecule has 8 heteroatoms. The summed E-state index contributed by atoms with van der Waals surface area (Å²) in [6.07, 6.45) is 1.11. The second-order valence-electron chi connectivity index (χ2n) is 7.01. The largest absolute Gasteiger partial charge is 0.383 e. The third-order valence-corrected chi connectivity index (χ3v) is 4.80. The van der Waals surface area contributed by atoms with Gasteiger partial charge in [-0.2, -0.15) is 0 Å². The van der Waals surface area contributed by atoms with Crippen LogP contribution < -0.4 is 10.6 Å². The molecule has 0 spiro atoms. The van der Waals surface area contributed by atoms with E-state index in [1.165, 1.54) is 0 Å². The minimum absolute atomic E-state index is 0.0810. The van der Waals surface area contributed by atoms with E-state index in [9.17, 15) is 0 Å². The van der Waals surface area contributed by atoms with Crippen molar-refractivity contribution in [3.05, 3.63) is 0 Å². The Hall–Kier alpha value is -0.320. The van der Waals surface area contributed by atoms with Crippen LogP contribution in [0, 0.1) is 0 Å². The molecule has 2 aliphatic heterocycles. The second kappa shape index (κ2) is 9.98. The molecule has 24 heavy (non-hydrogen) atoms. The van der Waals surface area contributed by atoms with E-state index in [-0.39, 0.29) is 6.23 Å². The molecule has 0 aromatic carbocycles. The van der Waals surface area contributed by atoms with Crippen molar-refractivity contribution in [2.24, 2.45) is 0 Å². The smallest absolute Gasteiger partial charge is 0.135 e. The van der Waals surface area contributed by atoms with Crippen molar-refractivity contribution in [1.29, 1.82) is 0 Å². The van der Waals surface area contributed by atoms with Gasteiger partial charge in [0, 0.05) is 80.1 Å². The lowest BCUT2D eigenvalue weighted by Crippen LogP contribution is -2.62. The summed E-state index contributed by atoms with van der Waals surface area (Å²) >= 11 is 0. The Morgan fingerprint density at radius 1 is 1.08 bits per heavy atom. The number of hydrazine groups is 2. The summed E-state index contributed by atoms with van der Waals surface area (Å²) in [7, 11) is 10.1. The molecule has 3 atom stereocenters. The molecule has 0 aromatic heterocycles. The number of rotatable bonds is 8. The zero-order valence-electron chi connectivity index (χ0n) is 16.0. The fraction of sp³-hybridized carbons (Fsp3) is 1.00. The molecule has 0 radical (unpaired) electrons. The van der Waals surface area contributed by atoms with Gasteiger partial charge in [-0.15, -0.1) is 0 Å². The van der Waals surface area contributed by atoms with Gasteiger partial charge in [0.2, 0.25) is 0 Å². The van der Waals surface area contributed by atoms with Crippen LogP contribution in [0.5, 0.6) is 0 Å². The highest BCUT2D eigenvalue weighted by Gasteiger charge is 2.30. The van der Waals surface area contributed by atoms with Gasteiger partial charge in [0.25, 0.3) is 0 Å². The molecule has 142 valence electrons. The van der Waals surface area contributed by atoms with E-state index >= 15 is 0 Å². The van der Waals surface area contributed by atoms with Crippen molar-refractivity contribution in [2.75, 3.05) is 81.2 Å². The third-order valence-electron chi connectivity index (χ3n) is 4.80. The van der Waals surface area contributed by atoms with Crippen molar-refractivity contribution >= 4 is 0 Å².